The quantitative estimate of drug-likeness (QED) is 0.627. The first-order valence-corrected chi connectivity index (χ1v) is 4.83. The summed E-state index contributed by atoms with van der Waals surface area (Å²) < 4.78 is 5.22. The lowest BCUT2D eigenvalue weighted by atomic mass is 10.3. The van der Waals surface area contributed by atoms with Crippen molar-refractivity contribution in [2.45, 2.75) is 19.9 Å². The molecule has 1 heterocycles. The van der Waals surface area contributed by atoms with E-state index in [0.29, 0.717) is 0 Å². The molecule has 1 aromatic heterocycles. The van der Waals surface area contributed by atoms with Gasteiger partial charge in [-0.15, -0.1) is 0 Å². The van der Waals surface area contributed by atoms with Crippen molar-refractivity contribution < 1.29 is 4.74 Å². The molecule has 0 unspecified atom stereocenters. The summed E-state index contributed by atoms with van der Waals surface area (Å²) in [5.41, 5.74) is 1.30. The molecule has 2 N–H and O–H groups in total. The lowest BCUT2D eigenvalue weighted by molar-refractivity contribution is 0.144. The fourth-order valence-corrected chi connectivity index (χ4v) is 1.14. The maximum absolute atomic E-state index is 5.22. The van der Waals surface area contributed by atoms with Crippen LogP contribution in [0.15, 0.2) is 18.5 Å². The Morgan fingerprint density at radius 1 is 1.54 bits per heavy atom. The summed E-state index contributed by atoms with van der Waals surface area (Å²) in [4.78, 5) is 3.03. The molecule has 13 heavy (non-hydrogen) atoms. The van der Waals surface area contributed by atoms with E-state index in [2.05, 4.69) is 16.4 Å². The van der Waals surface area contributed by atoms with Gasteiger partial charge in [-0.2, -0.15) is 0 Å². The molecule has 1 aromatic rings. The van der Waals surface area contributed by atoms with Crippen LogP contribution in [0.25, 0.3) is 0 Å². The zero-order valence-electron chi connectivity index (χ0n) is 8.18. The second-order valence-corrected chi connectivity index (χ2v) is 2.95. The first-order valence-electron chi connectivity index (χ1n) is 4.83. The van der Waals surface area contributed by atoms with E-state index < -0.39 is 0 Å². The van der Waals surface area contributed by atoms with Gasteiger partial charge in [0, 0.05) is 32.2 Å². The first-order chi connectivity index (χ1) is 6.43. The van der Waals surface area contributed by atoms with Gasteiger partial charge in [-0.25, -0.2) is 0 Å². The minimum atomic E-state index is 0.817. The van der Waals surface area contributed by atoms with Crippen LogP contribution >= 0.6 is 0 Å². The molecule has 3 nitrogen and oxygen atoms in total. The van der Waals surface area contributed by atoms with Crippen LogP contribution in [0.1, 0.15) is 18.9 Å². The Balaban J connectivity index is 1.90. The summed E-state index contributed by atoms with van der Waals surface area (Å²) in [5.74, 6) is 0. The Hall–Kier alpha value is -0.800. The summed E-state index contributed by atoms with van der Waals surface area (Å²) in [6, 6.07) is 2.08. The summed E-state index contributed by atoms with van der Waals surface area (Å²) in [6.45, 7) is 5.66. The number of ether oxygens (including phenoxy) is 1. The van der Waals surface area contributed by atoms with E-state index in [1.165, 1.54) is 5.56 Å². The minimum absolute atomic E-state index is 0.817. The second kappa shape index (κ2) is 6.69. The van der Waals surface area contributed by atoms with Crippen LogP contribution in [0.3, 0.4) is 0 Å². The van der Waals surface area contributed by atoms with E-state index >= 15 is 0 Å². The molecule has 74 valence electrons. The molecule has 0 radical (unpaired) electrons. The van der Waals surface area contributed by atoms with Gasteiger partial charge in [-0.05, 0) is 31.5 Å². The predicted octanol–water partition coefficient (Wildman–Crippen LogP) is 1.53. The molecule has 0 bridgehead atoms. The Morgan fingerprint density at radius 3 is 3.15 bits per heavy atom. The van der Waals surface area contributed by atoms with Gasteiger partial charge in [0.25, 0.3) is 0 Å². The standard InChI is InChI=1S/C10H18N2O/c1-2-13-7-3-5-11-8-10-4-6-12-9-10/h4,6,9,11-12H,2-3,5,7-8H2,1H3. The van der Waals surface area contributed by atoms with Gasteiger partial charge in [-0.1, -0.05) is 0 Å². The Morgan fingerprint density at radius 2 is 2.46 bits per heavy atom. The van der Waals surface area contributed by atoms with Gasteiger partial charge in [-0.3, -0.25) is 0 Å². The van der Waals surface area contributed by atoms with Crippen molar-refractivity contribution in [3.8, 4) is 0 Å². The van der Waals surface area contributed by atoms with Crippen LogP contribution in [0.2, 0.25) is 0 Å². The van der Waals surface area contributed by atoms with E-state index in [1.807, 2.05) is 19.3 Å². The van der Waals surface area contributed by atoms with Crippen molar-refractivity contribution in [2.75, 3.05) is 19.8 Å². The predicted molar refractivity (Wildman–Crippen MR) is 53.6 cm³/mol. The highest BCUT2D eigenvalue weighted by molar-refractivity contribution is 5.07. The van der Waals surface area contributed by atoms with Gasteiger partial charge in [0.1, 0.15) is 0 Å². The zero-order valence-corrected chi connectivity index (χ0v) is 8.18. The molecular weight excluding hydrogens is 164 g/mol. The summed E-state index contributed by atoms with van der Waals surface area (Å²) in [7, 11) is 0. The molecule has 1 rings (SSSR count). The van der Waals surface area contributed by atoms with Crippen LogP contribution in [0.5, 0.6) is 0 Å². The summed E-state index contributed by atoms with van der Waals surface area (Å²) in [6.07, 6.45) is 5.03. The molecule has 0 aromatic carbocycles. The third-order valence-corrected chi connectivity index (χ3v) is 1.84. The van der Waals surface area contributed by atoms with Crippen LogP contribution in [0, 0.1) is 0 Å². The molecule has 0 fully saturated rings. The van der Waals surface area contributed by atoms with Gasteiger partial charge in [0.15, 0.2) is 0 Å². The van der Waals surface area contributed by atoms with Crippen molar-refractivity contribution >= 4 is 0 Å². The van der Waals surface area contributed by atoms with E-state index in [0.717, 1.165) is 32.7 Å². The fourth-order valence-electron chi connectivity index (χ4n) is 1.14. The highest BCUT2D eigenvalue weighted by atomic mass is 16.5. The van der Waals surface area contributed by atoms with Gasteiger partial charge in [0.05, 0.1) is 0 Å². The third kappa shape index (κ3) is 4.70. The number of rotatable bonds is 7. The lowest BCUT2D eigenvalue weighted by Crippen LogP contribution is -2.15. The zero-order chi connectivity index (χ0) is 9.36. The van der Waals surface area contributed by atoms with Crippen molar-refractivity contribution in [3.05, 3.63) is 24.0 Å². The topological polar surface area (TPSA) is 37.0 Å². The molecule has 3 heteroatoms. The average Bonchev–Trinajstić information content (AvgIpc) is 2.63. The van der Waals surface area contributed by atoms with Crippen molar-refractivity contribution in [3.63, 3.8) is 0 Å². The van der Waals surface area contributed by atoms with Crippen molar-refractivity contribution in [1.82, 2.24) is 10.3 Å². The highest BCUT2D eigenvalue weighted by Crippen LogP contribution is 1.94. The largest absolute Gasteiger partial charge is 0.382 e. The molecule has 0 aliphatic rings. The maximum Gasteiger partial charge on any atom is 0.0477 e. The summed E-state index contributed by atoms with van der Waals surface area (Å²) >= 11 is 0. The fraction of sp³-hybridized carbons (Fsp3) is 0.600. The van der Waals surface area contributed by atoms with Crippen LogP contribution in [-0.2, 0) is 11.3 Å². The number of hydrogen-bond acceptors (Lipinski definition) is 2. The Kier molecular flexibility index (Phi) is 5.29. The third-order valence-electron chi connectivity index (χ3n) is 1.84. The average molecular weight is 182 g/mol. The number of aromatic nitrogens is 1. The monoisotopic (exact) mass is 182 g/mol. The maximum atomic E-state index is 5.22. The van der Waals surface area contributed by atoms with E-state index in [1.54, 1.807) is 0 Å². The smallest absolute Gasteiger partial charge is 0.0477 e. The van der Waals surface area contributed by atoms with E-state index in [-0.39, 0.29) is 0 Å². The van der Waals surface area contributed by atoms with Crippen LogP contribution < -0.4 is 5.32 Å². The molecular formula is C10H18N2O. The Bertz CT molecular complexity index is 197. The molecule has 0 amide bonds. The van der Waals surface area contributed by atoms with E-state index in [4.69, 9.17) is 4.74 Å². The van der Waals surface area contributed by atoms with E-state index in [9.17, 15) is 0 Å². The lowest BCUT2D eigenvalue weighted by Gasteiger charge is -2.02. The van der Waals surface area contributed by atoms with Crippen molar-refractivity contribution in [1.29, 1.82) is 0 Å². The first kappa shape index (κ1) is 10.3. The van der Waals surface area contributed by atoms with Gasteiger partial charge < -0.3 is 15.0 Å². The number of nitrogens with one attached hydrogen (secondary N) is 2. The van der Waals surface area contributed by atoms with Gasteiger partial charge >= 0.3 is 0 Å². The minimum Gasteiger partial charge on any atom is -0.382 e. The molecule has 0 aliphatic heterocycles. The molecule has 0 atom stereocenters. The number of aromatic amines is 1. The summed E-state index contributed by atoms with van der Waals surface area (Å²) in [5, 5.41) is 3.35. The van der Waals surface area contributed by atoms with Crippen molar-refractivity contribution in [2.24, 2.45) is 0 Å². The Labute approximate surface area is 79.5 Å². The number of H-pyrrole nitrogens is 1. The normalized spacial score (nSPS) is 10.5. The van der Waals surface area contributed by atoms with Crippen LogP contribution in [0.4, 0.5) is 0 Å². The molecule has 0 aliphatic carbocycles. The molecule has 0 saturated heterocycles. The SMILES string of the molecule is CCOCCCNCc1cc[nH]c1. The van der Waals surface area contributed by atoms with Gasteiger partial charge in [0.2, 0.25) is 0 Å². The molecule has 0 saturated carbocycles. The second-order valence-electron chi connectivity index (χ2n) is 2.95. The number of hydrogen-bond donors (Lipinski definition) is 2. The molecule has 0 spiro atoms. The highest BCUT2D eigenvalue weighted by Gasteiger charge is 1.91. The van der Waals surface area contributed by atoms with Crippen LogP contribution in [-0.4, -0.2) is 24.7 Å².